The highest BCUT2D eigenvalue weighted by molar-refractivity contribution is 4.39. The summed E-state index contributed by atoms with van der Waals surface area (Å²) < 4.78 is 21.5. The van der Waals surface area contributed by atoms with Crippen molar-refractivity contribution in [2.24, 2.45) is 0 Å². The van der Waals surface area contributed by atoms with Crippen LogP contribution in [-0.2, 0) is 9.47 Å². The fourth-order valence-corrected chi connectivity index (χ4v) is 0.720. The molecule has 0 rings (SSSR count). The quantitative estimate of drug-likeness (QED) is 0.509. The maximum atomic E-state index is 11.6. The number of rotatable bonds is 8. The van der Waals surface area contributed by atoms with Gasteiger partial charge in [-0.15, -0.1) is 0 Å². The number of halogens is 1. The molecular formula is C8H17FO2. The van der Waals surface area contributed by atoms with Gasteiger partial charge >= 0.3 is 0 Å². The lowest BCUT2D eigenvalue weighted by Crippen LogP contribution is -2.02. The molecule has 0 fully saturated rings. The highest BCUT2D eigenvalue weighted by Crippen LogP contribution is 1.95. The molecule has 0 amide bonds. The molecule has 2 nitrogen and oxygen atoms in total. The van der Waals surface area contributed by atoms with Crippen LogP contribution in [0.25, 0.3) is 0 Å². The molecule has 0 aromatic carbocycles. The monoisotopic (exact) mass is 164 g/mol. The molecule has 0 aliphatic rings. The summed E-state index contributed by atoms with van der Waals surface area (Å²) in [6.07, 6.45) is 2.53. The number of hydrogen-bond donors (Lipinski definition) is 0. The second-order valence-corrected chi connectivity index (χ2v) is 2.35. The van der Waals surface area contributed by atoms with Crippen LogP contribution < -0.4 is 0 Å². The van der Waals surface area contributed by atoms with Crippen molar-refractivity contribution in [3.8, 4) is 0 Å². The van der Waals surface area contributed by atoms with Gasteiger partial charge in [-0.25, -0.2) is 0 Å². The van der Waals surface area contributed by atoms with Crippen LogP contribution in [0, 0.1) is 0 Å². The van der Waals surface area contributed by atoms with E-state index in [0.29, 0.717) is 19.6 Å². The first kappa shape index (κ1) is 10.8. The van der Waals surface area contributed by atoms with E-state index in [0.717, 1.165) is 19.4 Å². The van der Waals surface area contributed by atoms with E-state index in [4.69, 9.17) is 9.47 Å². The van der Waals surface area contributed by atoms with Crippen molar-refractivity contribution in [2.75, 3.05) is 33.6 Å². The summed E-state index contributed by atoms with van der Waals surface area (Å²) in [5.74, 6) is 0. The Morgan fingerprint density at radius 2 is 1.82 bits per heavy atom. The minimum Gasteiger partial charge on any atom is -0.382 e. The lowest BCUT2D eigenvalue weighted by Gasteiger charge is -2.01. The molecule has 0 aromatic heterocycles. The average Bonchev–Trinajstić information content (AvgIpc) is 2.03. The lowest BCUT2D eigenvalue weighted by atomic mass is 10.3. The standard InChI is InChI=1S/C8H17FO2/c1-10-7-8-11-6-4-2-3-5-9/h2-8H2,1H3. The SMILES string of the molecule is COCCOCCCCCF. The molecule has 11 heavy (non-hydrogen) atoms. The van der Waals surface area contributed by atoms with Crippen LogP contribution in [0.1, 0.15) is 19.3 Å². The van der Waals surface area contributed by atoms with Crippen molar-refractivity contribution in [3.05, 3.63) is 0 Å². The fourth-order valence-electron chi connectivity index (χ4n) is 0.720. The summed E-state index contributed by atoms with van der Waals surface area (Å²) >= 11 is 0. The highest BCUT2D eigenvalue weighted by atomic mass is 19.1. The molecule has 0 aromatic rings. The zero-order valence-corrected chi connectivity index (χ0v) is 7.14. The Kier molecular flexibility index (Phi) is 9.72. The molecule has 3 heteroatoms. The molecule has 0 heterocycles. The van der Waals surface area contributed by atoms with Crippen LogP contribution in [0.3, 0.4) is 0 Å². The normalized spacial score (nSPS) is 10.4. The molecule has 0 spiro atoms. The minimum absolute atomic E-state index is 0.210. The fraction of sp³-hybridized carbons (Fsp3) is 1.00. The van der Waals surface area contributed by atoms with E-state index in [9.17, 15) is 4.39 Å². The molecule has 0 unspecified atom stereocenters. The Labute approximate surface area is 67.7 Å². The topological polar surface area (TPSA) is 18.5 Å². The summed E-state index contributed by atoms with van der Waals surface area (Å²) in [5, 5.41) is 0. The number of hydrogen-bond acceptors (Lipinski definition) is 2. The average molecular weight is 164 g/mol. The maximum Gasteiger partial charge on any atom is 0.0894 e. The van der Waals surface area contributed by atoms with Crippen LogP contribution in [0.15, 0.2) is 0 Å². The van der Waals surface area contributed by atoms with Crippen LogP contribution in [0.5, 0.6) is 0 Å². The number of alkyl halides is 1. The van der Waals surface area contributed by atoms with Gasteiger partial charge in [0.2, 0.25) is 0 Å². The van der Waals surface area contributed by atoms with E-state index in [-0.39, 0.29) is 6.67 Å². The lowest BCUT2D eigenvalue weighted by molar-refractivity contribution is 0.0684. The Bertz CT molecular complexity index is 61.1. The van der Waals surface area contributed by atoms with Crippen molar-refractivity contribution in [1.82, 2.24) is 0 Å². The molecule has 68 valence electrons. The first-order valence-corrected chi connectivity index (χ1v) is 4.04. The molecule has 0 aliphatic heterocycles. The summed E-state index contributed by atoms with van der Waals surface area (Å²) in [4.78, 5) is 0. The van der Waals surface area contributed by atoms with Gasteiger partial charge < -0.3 is 9.47 Å². The zero-order chi connectivity index (χ0) is 8.36. The zero-order valence-electron chi connectivity index (χ0n) is 7.14. The van der Waals surface area contributed by atoms with Gasteiger partial charge in [-0.05, 0) is 19.3 Å². The molecule has 0 radical (unpaired) electrons. The van der Waals surface area contributed by atoms with E-state index in [1.165, 1.54) is 0 Å². The minimum atomic E-state index is -0.210. The van der Waals surface area contributed by atoms with Gasteiger partial charge in [0.1, 0.15) is 0 Å². The summed E-state index contributed by atoms with van der Waals surface area (Å²) in [6, 6.07) is 0. The third-order valence-corrected chi connectivity index (χ3v) is 1.35. The van der Waals surface area contributed by atoms with Gasteiger partial charge in [0.05, 0.1) is 19.9 Å². The molecule has 0 aliphatic carbocycles. The van der Waals surface area contributed by atoms with Crippen molar-refractivity contribution in [1.29, 1.82) is 0 Å². The van der Waals surface area contributed by atoms with Crippen LogP contribution in [0.2, 0.25) is 0 Å². The van der Waals surface area contributed by atoms with E-state index < -0.39 is 0 Å². The first-order valence-electron chi connectivity index (χ1n) is 4.04. The van der Waals surface area contributed by atoms with E-state index in [1.807, 2.05) is 0 Å². The van der Waals surface area contributed by atoms with E-state index in [2.05, 4.69) is 0 Å². The van der Waals surface area contributed by atoms with Gasteiger partial charge in [-0.3, -0.25) is 4.39 Å². The molecule has 0 atom stereocenters. The van der Waals surface area contributed by atoms with Crippen LogP contribution in [-0.4, -0.2) is 33.6 Å². The van der Waals surface area contributed by atoms with Gasteiger partial charge in [0.15, 0.2) is 0 Å². The van der Waals surface area contributed by atoms with Gasteiger partial charge in [0.25, 0.3) is 0 Å². The molecular weight excluding hydrogens is 147 g/mol. The van der Waals surface area contributed by atoms with Crippen molar-refractivity contribution >= 4 is 0 Å². The summed E-state index contributed by atoms with van der Waals surface area (Å²) in [5.41, 5.74) is 0. The summed E-state index contributed by atoms with van der Waals surface area (Å²) in [6.45, 7) is 1.80. The third-order valence-electron chi connectivity index (χ3n) is 1.35. The smallest absolute Gasteiger partial charge is 0.0894 e. The number of unbranched alkanes of at least 4 members (excludes halogenated alkanes) is 2. The largest absolute Gasteiger partial charge is 0.382 e. The number of methoxy groups -OCH3 is 1. The molecule has 0 N–H and O–H groups in total. The molecule has 0 saturated carbocycles. The van der Waals surface area contributed by atoms with Gasteiger partial charge in [-0.1, -0.05) is 0 Å². The summed E-state index contributed by atoms with van der Waals surface area (Å²) in [7, 11) is 1.65. The van der Waals surface area contributed by atoms with E-state index >= 15 is 0 Å². The van der Waals surface area contributed by atoms with Crippen LogP contribution in [0.4, 0.5) is 4.39 Å². The Hall–Kier alpha value is -0.150. The Morgan fingerprint density at radius 1 is 1.00 bits per heavy atom. The second kappa shape index (κ2) is 9.85. The molecule has 0 saturated heterocycles. The maximum absolute atomic E-state index is 11.6. The Balaban J connectivity index is 2.69. The first-order chi connectivity index (χ1) is 5.41. The van der Waals surface area contributed by atoms with Crippen molar-refractivity contribution < 1.29 is 13.9 Å². The van der Waals surface area contributed by atoms with E-state index in [1.54, 1.807) is 7.11 Å². The third kappa shape index (κ3) is 9.85. The van der Waals surface area contributed by atoms with Crippen molar-refractivity contribution in [2.45, 2.75) is 19.3 Å². The predicted molar refractivity (Wildman–Crippen MR) is 42.5 cm³/mol. The van der Waals surface area contributed by atoms with Crippen molar-refractivity contribution in [3.63, 3.8) is 0 Å². The number of ether oxygens (including phenoxy) is 2. The molecule has 0 bridgehead atoms. The predicted octanol–water partition coefficient (Wildman–Crippen LogP) is 1.79. The second-order valence-electron chi connectivity index (χ2n) is 2.35. The Morgan fingerprint density at radius 3 is 2.45 bits per heavy atom. The van der Waals surface area contributed by atoms with Gasteiger partial charge in [0, 0.05) is 13.7 Å². The van der Waals surface area contributed by atoms with Crippen LogP contribution >= 0.6 is 0 Å². The highest BCUT2D eigenvalue weighted by Gasteiger charge is 1.89. The van der Waals surface area contributed by atoms with Gasteiger partial charge in [-0.2, -0.15) is 0 Å².